The zero-order valence-electron chi connectivity index (χ0n) is 10.7. The molecule has 1 aromatic heterocycles. The van der Waals surface area contributed by atoms with Crippen molar-refractivity contribution in [2.45, 2.75) is 37.8 Å². The number of aromatic nitrogens is 3. The largest absolute Gasteiger partial charge is 0.480 e. The van der Waals surface area contributed by atoms with Gasteiger partial charge in [0.2, 0.25) is 0 Å². The molecule has 1 aliphatic rings. The van der Waals surface area contributed by atoms with E-state index in [1.807, 2.05) is 0 Å². The highest BCUT2D eigenvalue weighted by Gasteiger charge is 2.42. The Bertz CT molecular complexity index is 478. The minimum absolute atomic E-state index is 0.206. The average Bonchev–Trinajstić information content (AvgIpc) is 2.97. The predicted octanol–water partition coefficient (Wildman–Crippen LogP) is 0.0117. The zero-order valence-corrected chi connectivity index (χ0v) is 10.7. The molecule has 0 radical (unpaired) electrons. The van der Waals surface area contributed by atoms with Gasteiger partial charge in [-0.05, 0) is 12.8 Å². The number of hydrogen-bond donors (Lipinski definition) is 3. The van der Waals surface area contributed by atoms with Crippen LogP contribution in [0.25, 0.3) is 0 Å². The van der Waals surface area contributed by atoms with Crippen LogP contribution >= 0.6 is 0 Å². The van der Waals surface area contributed by atoms with Crippen LogP contribution in [-0.4, -0.2) is 37.4 Å². The lowest BCUT2D eigenvalue weighted by atomic mass is 9.98. The van der Waals surface area contributed by atoms with Crippen LogP contribution in [0.5, 0.6) is 0 Å². The Labute approximate surface area is 110 Å². The summed E-state index contributed by atoms with van der Waals surface area (Å²) in [5, 5.41) is 21.9. The summed E-state index contributed by atoms with van der Waals surface area (Å²) < 4.78 is 1.68. The zero-order chi connectivity index (χ0) is 13.9. The molecule has 0 bridgehead atoms. The number of amides is 2. The van der Waals surface area contributed by atoms with E-state index in [0.717, 1.165) is 12.8 Å². The molecule has 0 aromatic carbocycles. The number of nitrogens with zero attached hydrogens (tertiary/aromatic N) is 3. The molecule has 3 N–H and O–H groups in total. The van der Waals surface area contributed by atoms with Crippen LogP contribution in [0.3, 0.4) is 0 Å². The van der Waals surface area contributed by atoms with E-state index in [4.69, 9.17) is 0 Å². The van der Waals surface area contributed by atoms with Gasteiger partial charge in [0, 0.05) is 7.05 Å². The van der Waals surface area contributed by atoms with Gasteiger partial charge in [-0.3, -0.25) is 0 Å². The monoisotopic (exact) mass is 267 g/mol. The summed E-state index contributed by atoms with van der Waals surface area (Å²) in [6.07, 6.45) is 4.11. The second kappa shape index (κ2) is 5.25. The minimum atomic E-state index is -1.12. The maximum atomic E-state index is 11.8. The summed E-state index contributed by atoms with van der Waals surface area (Å²) in [5.74, 6) is -0.371. The molecule has 1 heterocycles. The van der Waals surface area contributed by atoms with Gasteiger partial charge in [0.1, 0.15) is 11.9 Å². The molecular weight excluding hydrogens is 250 g/mol. The van der Waals surface area contributed by atoms with Gasteiger partial charge < -0.3 is 20.3 Å². The Hall–Kier alpha value is -2.12. The topological polar surface area (TPSA) is 109 Å². The lowest BCUT2D eigenvalue weighted by Crippen LogP contribution is -2.55. The number of aryl methyl sites for hydroxylation is 1. The summed E-state index contributed by atoms with van der Waals surface area (Å²) in [6.45, 7) is 0.206. The average molecular weight is 267 g/mol. The van der Waals surface area contributed by atoms with E-state index in [2.05, 4.69) is 20.8 Å². The van der Waals surface area contributed by atoms with Crippen LogP contribution in [-0.2, 0) is 18.4 Å². The van der Waals surface area contributed by atoms with E-state index >= 15 is 0 Å². The van der Waals surface area contributed by atoms with Crippen molar-refractivity contribution >= 4 is 12.0 Å². The highest BCUT2D eigenvalue weighted by Crippen LogP contribution is 2.29. The van der Waals surface area contributed by atoms with Gasteiger partial charge in [-0.2, -0.15) is 0 Å². The molecule has 2 rings (SSSR count). The van der Waals surface area contributed by atoms with Crippen LogP contribution in [0.4, 0.5) is 4.79 Å². The maximum absolute atomic E-state index is 11.8. The van der Waals surface area contributed by atoms with Gasteiger partial charge in [-0.25, -0.2) is 9.59 Å². The summed E-state index contributed by atoms with van der Waals surface area (Å²) in [5.41, 5.74) is -1.12. The highest BCUT2D eigenvalue weighted by molar-refractivity contribution is 5.86. The van der Waals surface area contributed by atoms with Gasteiger partial charge in [-0.15, -0.1) is 10.2 Å². The molecule has 0 atom stereocenters. The van der Waals surface area contributed by atoms with Crippen molar-refractivity contribution in [3.8, 4) is 0 Å². The molecule has 0 aliphatic heterocycles. The fourth-order valence-electron chi connectivity index (χ4n) is 2.26. The van der Waals surface area contributed by atoms with Gasteiger partial charge in [0.05, 0.1) is 6.54 Å². The fraction of sp³-hybridized carbons (Fsp3) is 0.636. The third-order valence-corrected chi connectivity index (χ3v) is 3.43. The van der Waals surface area contributed by atoms with Gasteiger partial charge in [0.25, 0.3) is 0 Å². The van der Waals surface area contributed by atoms with Crippen molar-refractivity contribution in [1.29, 1.82) is 0 Å². The van der Waals surface area contributed by atoms with E-state index in [1.54, 1.807) is 11.6 Å². The number of carboxylic acids is 1. The number of rotatable bonds is 4. The molecule has 104 valence electrons. The molecule has 1 aromatic rings. The Morgan fingerprint density at radius 2 is 2.16 bits per heavy atom. The lowest BCUT2D eigenvalue weighted by Gasteiger charge is -2.25. The number of carbonyl (C=O) groups excluding carboxylic acids is 1. The molecule has 0 saturated heterocycles. The third-order valence-electron chi connectivity index (χ3n) is 3.43. The Morgan fingerprint density at radius 3 is 2.68 bits per heavy atom. The summed E-state index contributed by atoms with van der Waals surface area (Å²) >= 11 is 0. The minimum Gasteiger partial charge on any atom is -0.480 e. The van der Waals surface area contributed by atoms with E-state index in [-0.39, 0.29) is 6.54 Å². The number of aliphatic carboxylic acids is 1. The Balaban J connectivity index is 1.90. The van der Waals surface area contributed by atoms with E-state index < -0.39 is 17.5 Å². The first-order valence-corrected chi connectivity index (χ1v) is 6.16. The normalized spacial score (nSPS) is 17.1. The first kappa shape index (κ1) is 13.3. The van der Waals surface area contributed by atoms with Gasteiger partial charge in [0.15, 0.2) is 5.82 Å². The quantitative estimate of drug-likeness (QED) is 0.712. The summed E-state index contributed by atoms with van der Waals surface area (Å²) in [7, 11) is 1.77. The number of hydrogen-bond acceptors (Lipinski definition) is 4. The predicted molar refractivity (Wildman–Crippen MR) is 65.2 cm³/mol. The van der Waals surface area contributed by atoms with Crippen molar-refractivity contribution in [2.24, 2.45) is 7.05 Å². The number of carbonyl (C=O) groups is 2. The van der Waals surface area contributed by atoms with Crippen molar-refractivity contribution < 1.29 is 14.7 Å². The molecule has 8 nitrogen and oxygen atoms in total. The molecule has 1 fully saturated rings. The summed E-state index contributed by atoms with van der Waals surface area (Å²) in [4.78, 5) is 23.0. The number of urea groups is 1. The van der Waals surface area contributed by atoms with Crippen LogP contribution in [0.1, 0.15) is 31.5 Å². The van der Waals surface area contributed by atoms with Crippen molar-refractivity contribution in [3.05, 3.63) is 12.2 Å². The lowest BCUT2D eigenvalue weighted by molar-refractivity contribution is -0.144. The molecule has 8 heteroatoms. The maximum Gasteiger partial charge on any atom is 0.329 e. The van der Waals surface area contributed by atoms with E-state index in [0.29, 0.717) is 18.7 Å². The van der Waals surface area contributed by atoms with E-state index in [1.165, 1.54) is 6.33 Å². The Morgan fingerprint density at radius 1 is 1.47 bits per heavy atom. The second-order valence-electron chi connectivity index (χ2n) is 4.76. The number of nitrogens with one attached hydrogen (secondary N) is 2. The number of carboxylic acid groups (broad SMARTS) is 1. The van der Waals surface area contributed by atoms with Gasteiger partial charge in [-0.1, -0.05) is 12.8 Å². The summed E-state index contributed by atoms with van der Waals surface area (Å²) in [6, 6.07) is -0.493. The van der Waals surface area contributed by atoms with Crippen molar-refractivity contribution in [1.82, 2.24) is 25.4 Å². The molecule has 0 spiro atoms. The molecular formula is C11H17N5O3. The molecule has 2 amide bonds. The van der Waals surface area contributed by atoms with Crippen LogP contribution in [0.2, 0.25) is 0 Å². The Kier molecular flexibility index (Phi) is 3.68. The van der Waals surface area contributed by atoms with Crippen LogP contribution in [0.15, 0.2) is 6.33 Å². The molecule has 1 aliphatic carbocycles. The molecule has 1 saturated carbocycles. The SMILES string of the molecule is Cn1cnnc1CNC(=O)NC1(C(=O)O)CCCC1. The highest BCUT2D eigenvalue weighted by atomic mass is 16.4. The van der Waals surface area contributed by atoms with E-state index in [9.17, 15) is 14.7 Å². The molecule has 0 unspecified atom stereocenters. The molecule has 19 heavy (non-hydrogen) atoms. The fourth-order valence-corrected chi connectivity index (χ4v) is 2.26. The van der Waals surface area contributed by atoms with Crippen molar-refractivity contribution in [3.63, 3.8) is 0 Å². The standard InChI is InChI=1S/C11H17N5O3/c1-16-7-13-15-8(16)6-12-10(19)14-11(9(17)18)4-2-3-5-11/h7H,2-6H2,1H3,(H,17,18)(H2,12,14,19). The second-order valence-corrected chi connectivity index (χ2v) is 4.76. The first-order valence-electron chi connectivity index (χ1n) is 6.16. The smallest absolute Gasteiger partial charge is 0.329 e. The van der Waals surface area contributed by atoms with Crippen LogP contribution in [0, 0.1) is 0 Å². The van der Waals surface area contributed by atoms with Gasteiger partial charge >= 0.3 is 12.0 Å². The van der Waals surface area contributed by atoms with Crippen molar-refractivity contribution in [2.75, 3.05) is 0 Å². The third kappa shape index (κ3) is 2.83. The van der Waals surface area contributed by atoms with Crippen LogP contribution < -0.4 is 10.6 Å². The first-order chi connectivity index (χ1) is 9.03.